The first-order valence-corrected chi connectivity index (χ1v) is 8.66. The zero-order chi connectivity index (χ0) is 22.5. The Morgan fingerprint density at radius 3 is 1.70 bits per heavy atom. The first-order valence-electron chi connectivity index (χ1n) is 8.66. The number of hydrogen-bond donors (Lipinski definition) is 0. The number of carbonyl (C=O) groups is 3. The second kappa shape index (κ2) is 9.06. The highest BCUT2D eigenvalue weighted by Gasteiger charge is 2.65. The van der Waals surface area contributed by atoms with Crippen molar-refractivity contribution in [3.8, 4) is 11.1 Å². The van der Waals surface area contributed by atoms with Crippen molar-refractivity contribution < 1.29 is 41.4 Å². The highest BCUT2D eigenvalue weighted by Crippen LogP contribution is 2.41. The maximum Gasteiger partial charge on any atom is 0.396 e. The minimum atomic E-state index is -5.41. The van der Waals surface area contributed by atoms with Crippen LogP contribution in [-0.2, 0) is 19.1 Å². The Labute approximate surface area is 169 Å². The van der Waals surface area contributed by atoms with Crippen molar-refractivity contribution in [1.82, 2.24) is 0 Å². The molecule has 160 valence electrons. The number of esters is 2. The number of methoxy groups -OCH3 is 2. The van der Waals surface area contributed by atoms with Gasteiger partial charge in [-0.1, -0.05) is 54.6 Å². The molecule has 0 saturated heterocycles. The van der Waals surface area contributed by atoms with Crippen molar-refractivity contribution in [2.75, 3.05) is 14.2 Å². The van der Waals surface area contributed by atoms with Gasteiger partial charge in [0.05, 0.1) is 14.2 Å². The molecule has 9 heteroatoms. The lowest BCUT2D eigenvalue weighted by atomic mass is 9.83. The van der Waals surface area contributed by atoms with E-state index in [0.717, 1.165) is 5.56 Å². The van der Waals surface area contributed by atoms with Crippen LogP contribution < -0.4 is 0 Å². The first-order chi connectivity index (χ1) is 14.1. The summed E-state index contributed by atoms with van der Waals surface area (Å²) in [6, 6.07) is 14.6. The smallest absolute Gasteiger partial charge is 0.396 e. The third-order valence-electron chi connectivity index (χ3n) is 4.54. The van der Waals surface area contributed by atoms with Crippen LogP contribution in [0.1, 0.15) is 16.8 Å². The maximum absolute atomic E-state index is 15.1. The quantitative estimate of drug-likeness (QED) is 0.288. The van der Waals surface area contributed by atoms with Crippen molar-refractivity contribution in [3.63, 3.8) is 0 Å². The molecule has 1 atom stereocenters. The number of ketones is 1. The van der Waals surface area contributed by atoms with Crippen molar-refractivity contribution >= 4 is 17.7 Å². The average molecular weight is 426 g/mol. The maximum atomic E-state index is 15.1. The summed E-state index contributed by atoms with van der Waals surface area (Å²) in [5.74, 6) is -8.58. The van der Waals surface area contributed by atoms with Gasteiger partial charge in [-0.15, -0.1) is 0 Å². The Morgan fingerprint density at radius 2 is 1.27 bits per heavy atom. The van der Waals surface area contributed by atoms with Gasteiger partial charge in [0.2, 0.25) is 0 Å². The summed E-state index contributed by atoms with van der Waals surface area (Å²) in [5.41, 5.74) is -2.82. The molecule has 2 aromatic carbocycles. The molecule has 0 fully saturated rings. The number of carbonyl (C=O) groups excluding carboxylic acids is 3. The van der Waals surface area contributed by atoms with Gasteiger partial charge in [-0.2, -0.15) is 13.2 Å². The van der Waals surface area contributed by atoms with Crippen LogP contribution in [0.4, 0.5) is 17.6 Å². The normalized spacial score (nSPS) is 12.7. The number of rotatable bonds is 7. The summed E-state index contributed by atoms with van der Waals surface area (Å²) >= 11 is 0. The summed E-state index contributed by atoms with van der Waals surface area (Å²) in [6.07, 6.45) is -6.90. The lowest BCUT2D eigenvalue weighted by Crippen LogP contribution is -2.55. The molecule has 0 spiro atoms. The lowest BCUT2D eigenvalue weighted by molar-refractivity contribution is -0.224. The van der Waals surface area contributed by atoms with Crippen LogP contribution in [0, 0.1) is 5.92 Å². The fraction of sp³-hybridized carbons (Fsp3) is 0.286. The number of halogens is 4. The van der Waals surface area contributed by atoms with Gasteiger partial charge in [0.25, 0.3) is 0 Å². The monoisotopic (exact) mass is 426 g/mol. The minimum Gasteiger partial charge on any atom is -0.466 e. The molecule has 2 rings (SSSR count). The van der Waals surface area contributed by atoms with Crippen molar-refractivity contribution in [2.24, 2.45) is 5.92 Å². The largest absolute Gasteiger partial charge is 0.466 e. The van der Waals surface area contributed by atoms with Gasteiger partial charge in [0.1, 0.15) is 5.92 Å². The number of ether oxygens (including phenoxy) is 2. The zero-order valence-corrected chi connectivity index (χ0v) is 16.0. The Bertz CT molecular complexity index is 891. The van der Waals surface area contributed by atoms with Crippen molar-refractivity contribution in [2.45, 2.75) is 18.3 Å². The summed E-state index contributed by atoms with van der Waals surface area (Å²) in [6.45, 7) is 0. The standard InChI is InChI=1S/C21H18F4O5/c1-29-18(27)20(22,19(28)30-2)17(21(23,24)25)12-16(26)15-10-8-14(9-11-15)13-6-4-3-5-7-13/h3-11,17H,12H2,1-2H3/t17-/m0/s1. The third-order valence-corrected chi connectivity index (χ3v) is 4.54. The van der Waals surface area contributed by atoms with Crippen LogP contribution in [0.15, 0.2) is 54.6 Å². The molecule has 0 aliphatic heterocycles. The molecular formula is C21H18F4O5. The predicted octanol–water partition coefficient (Wildman–Crippen LogP) is 4.16. The van der Waals surface area contributed by atoms with Crippen molar-refractivity contribution in [1.29, 1.82) is 0 Å². The average Bonchev–Trinajstić information content (AvgIpc) is 2.75. The molecule has 0 aliphatic rings. The summed E-state index contributed by atoms with van der Waals surface area (Å²) < 4.78 is 63.8. The van der Waals surface area contributed by atoms with Gasteiger partial charge in [0, 0.05) is 12.0 Å². The van der Waals surface area contributed by atoms with Crippen LogP contribution in [0.3, 0.4) is 0 Å². The van der Waals surface area contributed by atoms with E-state index in [4.69, 9.17) is 0 Å². The van der Waals surface area contributed by atoms with E-state index in [-0.39, 0.29) is 5.56 Å². The van der Waals surface area contributed by atoms with Crippen LogP contribution in [0.25, 0.3) is 11.1 Å². The molecule has 0 radical (unpaired) electrons. The van der Waals surface area contributed by atoms with Gasteiger partial charge >= 0.3 is 23.8 Å². The minimum absolute atomic E-state index is 0.138. The SMILES string of the molecule is COC(=O)C(F)(C(=O)OC)[C@H](CC(=O)c1ccc(-c2ccccc2)cc1)C(F)(F)F. The van der Waals surface area contributed by atoms with Crippen LogP contribution in [0.5, 0.6) is 0 Å². The highest BCUT2D eigenvalue weighted by atomic mass is 19.4. The van der Waals surface area contributed by atoms with E-state index in [9.17, 15) is 27.6 Å². The molecular weight excluding hydrogens is 408 g/mol. The Morgan fingerprint density at radius 1 is 0.800 bits per heavy atom. The van der Waals surface area contributed by atoms with Gasteiger partial charge in [-0.3, -0.25) is 4.79 Å². The van der Waals surface area contributed by atoms with E-state index in [1.165, 1.54) is 24.3 Å². The Balaban J connectivity index is 2.36. The highest BCUT2D eigenvalue weighted by molar-refractivity contribution is 6.05. The first kappa shape index (κ1) is 23.1. The van der Waals surface area contributed by atoms with E-state index in [2.05, 4.69) is 9.47 Å². The summed E-state index contributed by atoms with van der Waals surface area (Å²) in [5, 5.41) is 0. The van der Waals surface area contributed by atoms with Gasteiger partial charge in [-0.25, -0.2) is 14.0 Å². The number of hydrogen-bond acceptors (Lipinski definition) is 5. The number of benzene rings is 2. The molecule has 30 heavy (non-hydrogen) atoms. The molecule has 0 amide bonds. The van der Waals surface area contributed by atoms with Gasteiger partial charge in [-0.05, 0) is 11.1 Å². The summed E-state index contributed by atoms with van der Waals surface area (Å²) in [4.78, 5) is 35.9. The van der Waals surface area contributed by atoms with E-state index < -0.39 is 41.9 Å². The van der Waals surface area contributed by atoms with Crippen molar-refractivity contribution in [3.05, 3.63) is 60.2 Å². The lowest BCUT2D eigenvalue weighted by Gasteiger charge is -2.30. The third kappa shape index (κ3) is 4.67. The number of Topliss-reactive ketones (excluding diaryl/α,β-unsaturated/α-hetero) is 1. The molecule has 0 bridgehead atoms. The molecule has 0 heterocycles. The van der Waals surface area contributed by atoms with E-state index >= 15 is 4.39 Å². The zero-order valence-electron chi connectivity index (χ0n) is 16.0. The Hall–Kier alpha value is -3.23. The molecule has 0 unspecified atom stereocenters. The second-order valence-corrected chi connectivity index (χ2v) is 6.36. The van der Waals surface area contributed by atoms with E-state index in [1.807, 2.05) is 6.07 Å². The molecule has 0 aromatic heterocycles. The predicted molar refractivity (Wildman–Crippen MR) is 98.2 cm³/mol. The van der Waals surface area contributed by atoms with Gasteiger partial charge in [0.15, 0.2) is 5.78 Å². The second-order valence-electron chi connectivity index (χ2n) is 6.36. The summed E-state index contributed by atoms with van der Waals surface area (Å²) in [7, 11) is 1.24. The molecule has 2 aromatic rings. The molecule has 0 aliphatic carbocycles. The number of alkyl halides is 4. The van der Waals surface area contributed by atoms with E-state index in [0.29, 0.717) is 19.8 Å². The topological polar surface area (TPSA) is 69.7 Å². The Kier molecular flexibility index (Phi) is 6.96. The van der Waals surface area contributed by atoms with E-state index in [1.54, 1.807) is 24.3 Å². The molecule has 5 nitrogen and oxygen atoms in total. The molecule has 0 saturated carbocycles. The molecule has 0 N–H and O–H groups in total. The van der Waals surface area contributed by atoms with Crippen LogP contribution in [-0.4, -0.2) is 43.8 Å². The fourth-order valence-corrected chi connectivity index (χ4v) is 2.93. The fourth-order valence-electron chi connectivity index (χ4n) is 2.93. The van der Waals surface area contributed by atoms with Crippen LogP contribution >= 0.6 is 0 Å². The van der Waals surface area contributed by atoms with Crippen LogP contribution in [0.2, 0.25) is 0 Å². The van der Waals surface area contributed by atoms with Gasteiger partial charge < -0.3 is 9.47 Å².